The Bertz CT molecular complexity index is 622. The molecule has 7 nitrogen and oxygen atoms in total. The first-order chi connectivity index (χ1) is 8.56. The van der Waals surface area contributed by atoms with Crippen molar-refractivity contribution >= 4 is 21.4 Å². The maximum atomic E-state index is 10.8. The molecule has 0 saturated heterocycles. The molecular formula is C10H15N5O2S. The lowest BCUT2D eigenvalue weighted by Crippen LogP contribution is -2.24. The molecule has 0 aliphatic rings. The average Bonchev–Trinajstić information content (AvgIpc) is 2.75. The van der Waals surface area contributed by atoms with E-state index in [9.17, 15) is 8.42 Å². The van der Waals surface area contributed by atoms with Gasteiger partial charge in [0.25, 0.3) is 0 Å². The van der Waals surface area contributed by atoms with Gasteiger partial charge in [0.1, 0.15) is 5.52 Å². The molecule has 0 fully saturated rings. The van der Waals surface area contributed by atoms with Crippen LogP contribution < -0.4 is 10.0 Å². The molecule has 0 aliphatic carbocycles. The fourth-order valence-corrected chi connectivity index (χ4v) is 2.06. The summed E-state index contributed by atoms with van der Waals surface area (Å²) in [7, 11) is -3.10. The van der Waals surface area contributed by atoms with Crippen molar-refractivity contribution in [2.45, 2.75) is 6.42 Å². The highest BCUT2D eigenvalue weighted by atomic mass is 32.2. The topological polar surface area (TPSA) is 88.4 Å². The number of aromatic nitrogens is 3. The molecule has 2 aromatic rings. The van der Waals surface area contributed by atoms with E-state index in [2.05, 4.69) is 20.1 Å². The van der Waals surface area contributed by atoms with Gasteiger partial charge in [0, 0.05) is 25.5 Å². The summed E-state index contributed by atoms with van der Waals surface area (Å²) < 4.78 is 25.9. The third-order valence-corrected chi connectivity index (χ3v) is 3.06. The number of rotatable bonds is 6. The molecule has 0 unspecified atom stereocenters. The van der Waals surface area contributed by atoms with Crippen LogP contribution in [0.15, 0.2) is 24.7 Å². The van der Waals surface area contributed by atoms with Crippen molar-refractivity contribution in [2.24, 2.45) is 0 Å². The minimum absolute atomic E-state index is 0.411. The van der Waals surface area contributed by atoms with Crippen molar-refractivity contribution in [3.63, 3.8) is 0 Å². The van der Waals surface area contributed by atoms with Gasteiger partial charge in [-0.15, -0.1) is 0 Å². The minimum Gasteiger partial charge on any atom is -0.368 e. The van der Waals surface area contributed by atoms with Crippen molar-refractivity contribution in [2.75, 3.05) is 24.7 Å². The molecule has 0 spiro atoms. The van der Waals surface area contributed by atoms with Crippen LogP contribution in [0.25, 0.3) is 5.52 Å². The molecule has 2 aromatic heterocycles. The first-order valence-electron chi connectivity index (χ1n) is 5.53. The fourth-order valence-electron chi connectivity index (χ4n) is 1.55. The third-order valence-electron chi connectivity index (χ3n) is 2.33. The Kier molecular flexibility index (Phi) is 3.78. The van der Waals surface area contributed by atoms with Gasteiger partial charge < -0.3 is 5.32 Å². The van der Waals surface area contributed by atoms with Crippen LogP contribution in [0.1, 0.15) is 6.42 Å². The third kappa shape index (κ3) is 3.41. The minimum atomic E-state index is -3.10. The van der Waals surface area contributed by atoms with E-state index in [-0.39, 0.29) is 0 Å². The second kappa shape index (κ2) is 5.32. The Morgan fingerprint density at radius 3 is 2.94 bits per heavy atom. The Balaban J connectivity index is 1.85. The fraction of sp³-hybridized carbons (Fsp3) is 0.400. The highest BCUT2D eigenvalue weighted by Gasteiger charge is 2.02. The van der Waals surface area contributed by atoms with Gasteiger partial charge in [0.05, 0.1) is 12.5 Å². The Morgan fingerprint density at radius 2 is 2.17 bits per heavy atom. The second-order valence-corrected chi connectivity index (χ2v) is 5.72. The summed E-state index contributed by atoms with van der Waals surface area (Å²) in [6.45, 7) is 1.05. The first kappa shape index (κ1) is 12.8. The quantitative estimate of drug-likeness (QED) is 0.725. The van der Waals surface area contributed by atoms with Gasteiger partial charge in [-0.2, -0.15) is 5.10 Å². The van der Waals surface area contributed by atoms with Crippen molar-refractivity contribution in [3.05, 3.63) is 24.7 Å². The number of sulfonamides is 1. The maximum absolute atomic E-state index is 10.8. The molecule has 2 N–H and O–H groups in total. The highest BCUT2D eigenvalue weighted by molar-refractivity contribution is 7.88. The second-order valence-electron chi connectivity index (χ2n) is 3.88. The van der Waals surface area contributed by atoms with E-state index < -0.39 is 10.0 Å². The van der Waals surface area contributed by atoms with Crippen molar-refractivity contribution in [1.29, 1.82) is 0 Å². The molecule has 0 radical (unpaired) electrons. The maximum Gasteiger partial charge on any atom is 0.208 e. The van der Waals surface area contributed by atoms with E-state index in [1.54, 1.807) is 23.1 Å². The monoisotopic (exact) mass is 269 g/mol. The first-order valence-corrected chi connectivity index (χ1v) is 7.42. The zero-order valence-electron chi connectivity index (χ0n) is 10.00. The molecule has 98 valence electrons. The molecule has 0 amide bonds. The van der Waals surface area contributed by atoms with Gasteiger partial charge in [0.15, 0.2) is 5.82 Å². The lowest BCUT2D eigenvalue weighted by molar-refractivity contribution is 0.586. The van der Waals surface area contributed by atoms with Gasteiger partial charge in [-0.05, 0) is 12.5 Å². The van der Waals surface area contributed by atoms with Gasteiger partial charge in [-0.25, -0.2) is 22.6 Å². The van der Waals surface area contributed by atoms with Crippen molar-refractivity contribution in [3.8, 4) is 0 Å². The summed E-state index contributed by atoms with van der Waals surface area (Å²) in [6.07, 6.45) is 6.97. The molecule has 8 heteroatoms. The van der Waals surface area contributed by atoms with Gasteiger partial charge >= 0.3 is 0 Å². The lowest BCUT2D eigenvalue weighted by atomic mass is 10.4. The molecule has 0 aromatic carbocycles. The molecule has 0 atom stereocenters. The zero-order chi connectivity index (χ0) is 13.0. The van der Waals surface area contributed by atoms with Gasteiger partial charge in [-0.1, -0.05) is 0 Å². The zero-order valence-corrected chi connectivity index (χ0v) is 10.8. The number of anilines is 1. The van der Waals surface area contributed by atoms with Crippen LogP contribution in [0.3, 0.4) is 0 Å². The number of fused-ring (bicyclic) bond motifs is 1. The molecule has 2 heterocycles. The van der Waals surface area contributed by atoms with E-state index in [4.69, 9.17) is 0 Å². The summed E-state index contributed by atoms with van der Waals surface area (Å²) in [4.78, 5) is 4.21. The summed E-state index contributed by atoms with van der Waals surface area (Å²) in [6, 6.07) is 1.87. The summed E-state index contributed by atoms with van der Waals surface area (Å²) in [5.41, 5.74) is 0.897. The number of hydrogen-bond donors (Lipinski definition) is 2. The molecule has 0 aliphatic heterocycles. The van der Waals surface area contributed by atoms with Crippen LogP contribution in [0.5, 0.6) is 0 Å². The number of nitrogens with zero attached hydrogens (tertiary/aromatic N) is 3. The van der Waals surface area contributed by atoms with Crippen LogP contribution >= 0.6 is 0 Å². The summed E-state index contributed by atoms with van der Waals surface area (Å²) in [5.74, 6) is 0.745. The van der Waals surface area contributed by atoms with E-state index in [1.807, 2.05) is 6.07 Å². The van der Waals surface area contributed by atoms with Crippen molar-refractivity contribution in [1.82, 2.24) is 19.3 Å². The highest BCUT2D eigenvalue weighted by Crippen LogP contribution is 2.11. The normalized spacial score (nSPS) is 11.8. The Morgan fingerprint density at radius 1 is 1.33 bits per heavy atom. The van der Waals surface area contributed by atoms with Gasteiger partial charge in [0.2, 0.25) is 10.0 Å². The van der Waals surface area contributed by atoms with Crippen LogP contribution in [0.2, 0.25) is 0 Å². The molecule has 0 saturated carbocycles. The number of hydrogen-bond acceptors (Lipinski definition) is 5. The molecule has 0 bridgehead atoms. The predicted octanol–water partition coefficient (Wildman–Crippen LogP) is 0.0805. The van der Waals surface area contributed by atoms with Crippen LogP contribution in [0, 0.1) is 0 Å². The standard InChI is InChI=1S/C10H15N5O2S/c1-18(16,17)14-5-2-4-11-10-9-3-6-13-15(9)8-7-12-10/h3,6-8,14H,2,4-5H2,1H3,(H,11,12). The van der Waals surface area contributed by atoms with E-state index in [0.717, 1.165) is 17.6 Å². The van der Waals surface area contributed by atoms with E-state index in [0.29, 0.717) is 19.5 Å². The molecule has 18 heavy (non-hydrogen) atoms. The van der Waals surface area contributed by atoms with E-state index in [1.165, 1.54) is 0 Å². The number of nitrogens with one attached hydrogen (secondary N) is 2. The van der Waals surface area contributed by atoms with Crippen molar-refractivity contribution < 1.29 is 8.42 Å². The van der Waals surface area contributed by atoms with E-state index >= 15 is 0 Å². The largest absolute Gasteiger partial charge is 0.368 e. The smallest absolute Gasteiger partial charge is 0.208 e. The summed E-state index contributed by atoms with van der Waals surface area (Å²) >= 11 is 0. The average molecular weight is 269 g/mol. The summed E-state index contributed by atoms with van der Waals surface area (Å²) in [5, 5.41) is 7.25. The lowest BCUT2D eigenvalue weighted by Gasteiger charge is -2.06. The SMILES string of the molecule is CS(=O)(=O)NCCCNc1nccn2nccc12. The van der Waals surface area contributed by atoms with Gasteiger partial charge in [-0.3, -0.25) is 0 Å². The van der Waals surface area contributed by atoms with Crippen LogP contribution in [-0.2, 0) is 10.0 Å². The Labute approximate surface area is 105 Å². The van der Waals surface area contributed by atoms with Crippen LogP contribution in [-0.4, -0.2) is 42.4 Å². The predicted molar refractivity (Wildman–Crippen MR) is 68.9 cm³/mol. The van der Waals surface area contributed by atoms with Crippen LogP contribution in [0.4, 0.5) is 5.82 Å². The molecule has 2 rings (SSSR count). The molecular weight excluding hydrogens is 254 g/mol. The Hall–Kier alpha value is -1.67.